The van der Waals surface area contributed by atoms with Crippen LogP contribution >= 0.6 is 43.0 Å². The van der Waals surface area contributed by atoms with Crippen LogP contribution in [0.25, 0.3) is 0 Å². The Hall–Kier alpha value is -0.270. The van der Waals surface area contributed by atoms with E-state index in [1.807, 2.05) is 0 Å². The molecule has 2 rings (SSSR count). The average Bonchev–Trinajstić information content (AvgIpc) is 2.83. The Balaban J connectivity index is 2.34. The van der Waals surface area contributed by atoms with Crippen LogP contribution in [0.3, 0.4) is 0 Å². The Morgan fingerprint density at radius 3 is 2.52 bits per heavy atom. The summed E-state index contributed by atoms with van der Waals surface area (Å²) in [6.07, 6.45) is -5.72. The predicted molar refractivity (Wildman–Crippen MR) is 105 cm³/mol. The summed E-state index contributed by atoms with van der Waals surface area (Å²) in [5, 5.41) is 10.4. The Labute approximate surface area is 182 Å². The lowest BCUT2D eigenvalue weighted by atomic mass is 10.00. The van der Waals surface area contributed by atoms with Gasteiger partial charge in [0.15, 0.2) is 6.23 Å². The first-order chi connectivity index (χ1) is 14.7. The maximum atomic E-state index is 13.8. The van der Waals surface area contributed by atoms with E-state index in [2.05, 4.69) is 26.7 Å². The highest BCUT2D eigenvalue weighted by Crippen LogP contribution is 2.67. The molecular weight excluding hydrogens is 532 g/mol. The maximum absolute atomic E-state index is 13.8. The van der Waals surface area contributed by atoms with Gasteiger partial charge in [-0.05, 0) is 14.6 Å². The van der Waals surface area contributed by atoms with Crippen molar-refractivity contribution in [3.63, 3.8) is 0 Å². The van der Waals surface area contributed by atoms with Crippen LogP contribution in [0.2, 0.25) is 0 Å². The Morgan fingerprint density at radius 1 is 1.39 bits per heavy atom. The van der Waals surface area contributed by atoms with Gasteiger partial charge in [0.25, 0.3) is 7.23 Å². The van der Waals surface area contributed by atoms with Crippen LogP contribution < -0.4 is 11.4 Å². The zero-order valence-corrected chi connectivity index (χ0v) is 19.2. The number of hydrogen-bond acceptors (Lipinski definition) is 10. The van der Waals surface area contributed by atoms with Crippen molar-refractivity contribution in [2.75, 3.05) is 19.0 Å². The number of hydrogen-bond donors (Lipinski definition) is 6. The van der Waals surface area contributed by atoms with E-state index in [4.69, 9.17) is 34.6 Å². The van der Waals surface area contributed by atoms with Gasteiger partial charge in [-0.3, -0.25) is 9.09 Å². The normalized spacial score (nSPS) is 32.0. The van der Waals surface area contributed by atoms with Gasteiger partial charge in [0.05, 0.1) is 9.30 Å². The summed E-state index contributed by atoms with van der Waals surface area (Å²) in [5.74, 6) is -0.236. The number of nitrogens with two attached hydrogens (primary N) is 1. The minimum absolute atomic E-state index is 0.236. The molecule has 1 fully saturated rings. The SMILES string of the molecule is [2H]C([2H])(OP(=O)(O)OP(=O)(O)OP(O)(O)=P)[C@H]1O[C@@H](n2ccc(N)nc2=O)C(Cl)(CF)[C@H]1O. The largest absolute Gasteiger partial charge is 0.488 e. The second-order valence-corrected chi connectivity index (χ2v) is 12.7. The monoisotopic (exact) mass is 551 g/mol. The number of rotatable bonds is 9. The number of aliphatic hydroxyl groups excluding tert-OH is 1. The van der Waals surface area contributed by atoms with Gasteiger partial charge in [0.1, 0.15) is 29.6 Å². The summed E-state index contributed by atoms with van der Waals surface area (Å²) in [4.78, 5) is 49.8. The van der Waals surface area contributed by atoms with Crippen molar-refractivity contribution in [3.05, 3.63) is 22.7 Å². The fraction of sp³-hybridized carbons (Fsp3) is 0.600. The molecule has 1 aromatic rings. The summed E-state index contributed by atoms with van der Waals surface area (Å²) in [6, 6.07) is 1.08. The van der Waals surface area contributed by atoms with Gasteiger partial charge in [0, 0.05) is 6.20 Å². The summed E-state index contributed by atoms with van der Waals surface area (Å²) in [7, 11) is -14.2. The molecule has 0 aromatic carbocycles. The van der Waals surface area contributed by atoms with E-state index >= 15 is 0 Å². The van der Waals surface area contributed by atoms with Gasteiger partial charge in [-0.1, -0.05) is 0 Å². The number of halogens is 2. The predicted octanol–water partition coefficient (Wildman–Crippen LogP) is 0.0865. The molecule has 31 heavy (non-hydrogen) atoms. The highest BCUT2D eigenvalue weighted by molar-refractivity contribution is 7.91. The van der Waals surface area contributed by atoms with Crippen LogP contribution in [0.4, 0.5) is 10.2 Å². The van der Waals surface area contributed by atoms with Crippen molar-refractivity contribution in [2.45, 2.75) is 23.3 Å². The standard InChI is InChI=1S/C10H17ClFN3O12P4/c11-10(4-12)7(16)5(25-8(10)15-2-1-6(13)14-9(15)17)3-24-29(18,19)26-30(20,21)27-31(22,23)28/h1-2,5,7-8,16,22-23,28H,3-4H2,(H,18,19)(H,20,21)(H2,13,14,17)/t5-,7+,8-,10?/m1/s1/i3D2. The first kappa shape index (κ1) is 23.9. The minimum atomic E-state index is -5.92. The summed E-state index contributed by atoms with van der Waals surface area (Å²) >= 11 is 6.05. The molecular formula is C10H17ClFN3O12P4. The zero-order chi connectivity index (χ0) is 25.6. The number of phosphoric ester groups is 1. The summed E-state index contributed by atoms with van der Waals surface area (Å²) < 4.78 is 70.4. The molecule has 1 aliphatic heterocycles. The van der Waals surface area contributed by atoms with Crippen molar-refractivity contribution >= 4 is 48.8 Å². The molecule has 1 aliphatic rings. The van der Waals surface area contributed by atoms with Crippen molar-refractivity contribution in [1.82, 2.24) is 9.55 Å². The number of nitrogens with zero attached hydrogens (tertiary/aromatic N) is 2. The van der Waals surface area contributed by atoms with Crippen LogP contribution in [0.15, 0.2) is 17.1 Å². The first-order valence-corrected chi connectivity index (χ1v) is 13.9. The lowest BCUT2D eigenvalue weighted by Gasteiger charge is -2.27. The molecule has 3 unspecified atom stereocenters. The molecule has 21 heteroatoms. The molecule has 1 saturated heterocycles. The van der Waals surface area contributed by atoms with Crippen molar-refractivity contribution < 1.29 is 58.8 Å². The zero-order valence-electron chi connectivity index (χ0n) is 16.8. The highest BCUT2D eigenvalue weighted by Gasteiger charge is 2.57. The van der Waals surface area contributed by atoms with Crippen molar-refractivity contribution in [3.8, 4) is 0 Å². The first-order valence-electron chi connectivity index (χ1n) is 8.55. The smallest absolute Gasteiger partial charge is 0.388 e. The van der Waals surface area contributed by atoms with Crippen LogP contribution in [0.5, 0.6) is 0 Å². The van der Waals surface area contributed by atoms with Gasteiger partial charge in [0.2, 0.25) is 0 Å². The minimum Gasteiger partial charge on any atom is -0.388 e. The van der Waals surface area contributed by atoms with E-state index in [0.717, 1.165) is 12.3 Å². The number of phosphoric acid groups is 2. The van der Waals surface area contributed by atoms with E-state index in [0.29, 0.717) is 4.57 Å². The molecule has 0 saturated carbocycles. The Bertz CT molecular complexity index is 1110. The van der Waals surface area contributed by atoms with E-state index in [-0.39, 0.29) is 5.82 Å². The van der Waals surface area contributed by atoms with Gasteiger partial charge in [-0.15, -0.1) is 11.6 Å². The van der Waals surface area contributed by atoms with E-state index < -0.39 is 65.1 Å². The van der Waals surface area contributed by atoms with E-state index in [1.165, 1.54) is 0 Å². The molecule has 0 amide bonds. The molecule has 2 heterocycles. The lowest BCUT2D eigenvalue weighted by molar-refractivity contribution is -0.0466. The van der Waals surface area contributed by atoms with Gasteiger partial charge in [-0.2, -0.15) is 9.29 Å². The molecule has 178 valence electrons. The third-order valence-corrected chi connectivity index (χ3v) is 8.45. The third-order valence-electron chi connectivity index (χ3n) is 3.48. The van der Waals surface area contributed by atoms with Crippen LogP contribution in [-0.2, 0) is 27.0 Å². The molecule has 0 radical (unpaired) electrons. The highest BCUT2D eigenvalue weighted by atomic mass is 35.5. The number of alkyl halides is 2. The number of ether oxygens (including phenoxy) is 1. The fourth-order valence-electron chi connectivity index (χ4n) is 2.29. The number of anilines is 1. The molecule has 15 nitrogen and oxygen atoms in total. The molecule has 0 spiro atoms. The van der Waals surface area contributed by atoms with Crippen LogP contribution in [0, 0.1) is 0 Å². The second-order valence-electron chi connectivity index (χ2n) is 5.81. The fourth-order valence-corrected chi connectivity index (χ4v) is 6.44. The second kappa shape index (κ2) is 9.54. The summed E-state index contributed by atoms with van der Waals surface area (Å²) in [6.45, 7) is -5.21. The van der Waals surface area contributed by atoms with Gasteiger partial charge in [-0.25, -0.2) is 22.6 Å². The Kier molecular flexibility index (Phi) is 7.34. The van der Waals surface area contributed by atoms with Crippen LogP contribution in [0.1, 0.15) is 8.97 Å². The van der Waals surface area contributed by atoms with Gasteiger partial charge >= 0.3 is 21.3 Å². The topological polar surface area (TPSA) is 233 Å². The summed E-state index contributed by atoms with van der Waals surface area (Å²) in [5.41, 5.74) is 4.22. The number of aromatic nitrogens is 2. The molecule has 1 aromatic heterocycles. The quantitative estimate of drug-likeness (QED) is 0.176. The average molecular weight is 552 g/mol. The lowest BCUT2D eigenvalue weighted by Crippen LogP contribution is -2.46. The Morgan fingerprint density at radius 2 is 2.00 bits per heavy atom. The van der Waals surface area contributed by atoms with Gasteiger partial charge < -0.3 is 35.2 Å². The van der Waals surface area contributed by atoms with E-state index in [1.54, 1.807) is 0 Å². The molecule has 0 aliphatic carbocycles. The van der Waals surface area contributed by atoms with Crippen LogP contribution in [-0.4, -0.2) is 64.5 Å². The number of nitrogen functional groups attached to an aromatic ring is 1. The molecule has 6 atom stereocenters. The third kappa shape index (κ3) is 6.86. The maximum Gasteiger partial charge on any atom is 0.488 e. The molecule has 0 bridgehead atoms. The van der Waals surface area contributed by atoms with E-state index in [9.17, 15) is 33.2 Å². The van der Waals surface area contributed by atoms with Crippen molar-refractivity contribution in [1.29, 1.82) is 0 Å². The number of aliphatic hydroxyl groups is 1. The van der Waals surface area contributed by atoms with Crippen molar-refractivity contribution in [2.24, 2.45) is 0 Å². The molecule has 7 N–H and O–H groups in total.